The molecule has 0 aliphatic heterocycles. The number of ether oxygens (including phenoxy) is 2. The highest BCUT2D eigenvalue weighted by Gasteiger charge is 2.32. The second kappa shape index (κ2) is 6.99. The molecule has 0 unspecified atom stereocenters. The van der Waals surface area contributed by atoms with E-state index in [0.717, 1.165) is 19.3 Å². The lowest BCUT2D eigenvalue weighted by Crippen LogP contribution is -2.25. The summed E-state index contributed by atoms with van der Waals surface area (Å²) in [4.78, 5) is 22.5. The van der Waals surface area contributed by atoms with Crippen LogP contribution in [0.5, 0.6) is 0 Å². The minimum Gasteiger partial charge on any atom is -0.463 e. The van der Waals surface area contributed by atoms with Gasteiger partial charge in [-0.3, -0.25) is 0 Å². The molecule has 0 radical (unpaired) electrons. The summed E-state index contributed by atoms with van der Waals surface area (Å²) >= 11 is 0. The summed E-state index contributed by atoms with van der Waals surface area (Å²) in [6.45, 7) is 4.28. The Morgan fingerprint density at radius 3 is 1.72 bits per heavy atom. The zero-order valence-electron chi connectivity index (χ0n) is 11.0. The van der Waals surface area contributed by atoms with E-state index in [1.165, 1.54) is 12.2 Å². The summed E-state index contributed by atoms with van der Waals surface area (Å²) in [6.07, 6.45) is 9.52. The van der Waals surface area contributed by atoms with Crippen molar-refractivity contribution in [3.63, 3.8) is 0 Å². The first-order valence-electron chi connectivity index (χ1n) is 6.34. The zero-order chi connectivity index (χ0) is 13.4. The number of hydrogen-bond donors (Lipinski definition) is 0. The highest BCUT2D eigenvalue weighted by Crippen LogP contribution is 2.43. The molecule has 0 N–H and O–H groups in total. The molecule has 0 saturated heterocycles. The number of carbonyl (C=O) groups is 2. The van der Waals surface area contributed by atoms with E-state index in [1.807, 2.05) is 12.2 Å². The van der Waals surface area contributed by atoms with Gasteiger partial charge in [0.1, 0.15) is 0 Å². The zero-order valence-corrected chi connectivity index (χ0v) is 11.0. The van der Waals surface area contributed by atoms with E-state index in [-0.39, 0.29) is 17.4 Å². The van der Waals surface area contributed by atoms with E-state index in [1.54, 1.807) is 13.8 Å². The van der Waals surface area contributed by atoms with Crippen molar-refractivity contribution in [3.8, 4) is 0 Å². The molecule has 1 fully saturated rings. The highest BCUT2D eigenvalue weighted by molar-refractivity contribution is 5.83. The third kappa shape index (κ3) is 4.35. The number of hydrogen-bond acceptors (Lipinski definition) is 4. The highest BCUT2D eigenvalue weighted by atomic mass is 16.5. The van der Waals surface area contributed by atoms with Gasteiger partial charge in [-0.25, -0.2) is 9.59 Å². The molecular formula is C14H20O4. The van der Waals surface area contributed by atoms with Crippen LogP contribution >= 0.6 is 0 Å². The molecule has 0 spiro atoms. The molecule has 1 aliphatic rings. The number of esters is 2. The minimum atomic E-state index is -0.340. The Labute approximate surface area is 108 Å². The van der Waals surface area contributed by atoms with Crippen LogP contribution in [-0.2, 0) is 19.1 Å². The van der Waals surface area contributed by atoms with Gasteiger partial charge in [-0.05, 0) is 26.7 Å². The summed E-state index contributed by atoms with van der Waals surface area (Å²) in [7, 11) is 0. The molecule has 18 heavy (non-hydrogen) atoms. The first-order valence-corrected chi connectivity index (χ1v) is 6.34. The van der Waals surface area contributed by atoms with Crippen LogP contribution in [0.1, 0.15) is 33.1 Å². The summed E-state index contributed by atoms with van der Waals surface area (Å²) in [5.41, 5.74) is -0.181. The topological polar surface area (TPSA) is 52.6 Å². The van der Waals surface area contributed by atoms with Gasteiger partial charge in [0.2, 0.25) is 0 Å². The van der Waals surface area contributed by atoms with E-state index in [9.17, 15) is 9.59 Å². The van der Waals surface area contributed by atoms with Crippen LogP contribution in [0.3, 0.4) is 0 Å². The van der Waals surface area contributed by atoms with Gasteiger partial charge in [0.15, 0.2) is 0 Å². The average Bonchev–Trinajstić information content (AvgIpc) is 2.28. The largest absolute Gasteiger partial charge is 0.463 e. The van der Waals surface area contributed by atoms with E-state index in [0.29, 0.717) is 13.2 Å². The number of carbonyl (C=O) groups excluding carboxylic acids is 2. The Morgan fingerprint density at radius 2 is 1.44 bits per heavy atom. The predicted octanol–water partition coefficient (Wildman–Crippen LogP) is 2.40. The molecule has 0 atom stereocenters. The fraction of sp³-hybridized carbons (Fsp3) is 0.571. The van der Waals surface area contributed by atoms with Crippen LogP contribution in [0, 0.1) is 5.41 Å². The van der Waals surface area contributed by atoms with E-state index in [4.69, 9.17) is 9.47 Å². The van der Waals surface area contributed by atoms with Crippen molar-refractivity contribution in [2.45, 2.75) is 33.1 Å². The molecule has 1 saturated carbocycles. The average molecular weight is 252 g/mol. The molecule has 0 bridgehead atoms. The van der Waals surface area contributed by atoms with Gasteiger partial charge in [-0.2, -0.15) is 0 Å². The van der Waals surface area contributed by atoms with Crippen LogP contribution in [0.2, 0.25) is 0 Å². The fourth-order valence-corrected chi connectivity index (χ4v) is 1.82. The van der Waals surface area contributed by atoms with Crippen molar-refractivity contribution >= 4 is 11.9 Å². The van der Waals surface area contributed by atoms with Gasteiger partial charge in [0.25, 0.3) is 0 Å². The van der Waals surface area contributed by atoms with Gasteiger partial charge < -0.3 is 9.47 Å². The Morgan fingerprint density at radius 1 is 1.00 bits per heavy atom. The summed E-state index contributed by atoms with van der Waals surface area (Å²) in [5.74, 6) is -0.679. The molecule has 0 amide bonds. The van der Waals surface area contributed by atoms with Crippen LogP contribution in [0.4, 0.5) is 0 Å². The minimum absolute atomic E-state index is 0.181. The molecular weight excluding hydrogens is 232 g/mol. The van der Waals surface area contributed by atoms with Gasteiger partial charge in [0, 0.05) is 17.6 Å². The van der Waals surface area contributed by atoms with Gasteiger partial charge in [-0.1, -0.05) is 18.6 Å². The van der Waals surface area contributed by atoms with Crippen LogP contribution in [-0.4, -0.2) is 25.2 Å². The van der Waals surface area contributed by atoms with Crippen molar-refractivity contribution < 1.29 is 19.1 Å². The second-order valence-electron chi connectivity index (χ2n) is 4.26. The lowest BCUT2D eigenvalue weighted by Gasteiger charge is -2.36. The smallest absolute Gasteiger partial charge is 0.330 e. The Bertz CT molecular complexity index is 321. The maximum absolute atomic E-state index is 11.2. The monoisotopic (exact) mass is 252 g/mol. The Balaban J connectivity index is 2.57. The number of rotatable bonds is 6. The molecule has 0 aromatic carbocycles. The lowest BCUT2D eigenvalue weighted by atomic mass is 9.68. The molecule has 0 heterocycles. The summed E-state index contributed by atoms with van der Waals surface area (Å²) in [5, 5.41) is 0. The fourth-order valence-electron chi connectivity index (χ4n) is 1.82. The molecule has 4 nitrogen and oxygen atoms in total. The molecule has 0 aromatic rings. The third-order valence-corrected chi connectivity index (χ3v) is 2.96. The quantitative estimate of drug-likeness (QED) is 0.538. The summed E-state index contributed by atoms with van der Waals surface area (Å²) < 4.78 is 9.66. The van der Waals surface area contributed by atoms with Crippen LogP contribution in [0.25, 0.3) is 0 Å². The van der Waals surface area contributed by atoms with Crippen molar-refractivity contribution in [2.75, 3.05) is 13.2 Å². The predicted molar refractivity (Wildman–Crippen MR) is 67.8 cm³/mol. The molecule has 0 aromatic heterocycles. The van der Waals surface area contributed by atoms with Gasteiger partial charge in [-0.15, -0.1) is 0 Å². The third-order valence-electron chi connectivity index (χ3n) is 2.96. The Hall–Kier alpha value is -1.58. The van der Waals surface area contributed by atoms with E-state index in [2.05, 4.69) is 0 Å². The maximum Gasteiger partial charge on any atom is 0.330 e. The summed E-state index contributed by atoms with van der Waals surface area (Å²) in [6, 6.07) is 0. The number of allylic oxidation sites excluding steroid dienone is 2. The van der Waals surface area contributed by atoms with Crippen LogP contribution in [0.15, 0.2) is 24.3 Å². The van der Waals surface area contributed by atoms with Gasteiger partial charge >= 0.3 is 11.9 Å². The van der Waals surface area contributed by atoms with Crippen LogP contribution < -0.4 is 0 Å². The lowest BCUT2D eigenvalue weighted by molar-refractivity contribution is -0.138. The molecule has 100 valence electrons. The van der Waals surface area contributed by atoms with Crippen molar-refractivity contribution in [1.29, 1.82) is 0 Å². The molecule has 1 rings (SSSR count). The van der Waals surface area contributed by atoms with Gasteiger partial charge in [0.05, 0.1) is 13.2 Å². The second-order valence-corrected chi connectivity index (χ2v) is 4.26. The first kappa shape index (κ1) is 14.5. The molecule has 4 heteroatoms. The van der Waals surface area contributed by atoms with Crippen molar-refractivity contribution in [3.05, 3.63) is 24.3 Å². The first-order chi connectivity index (χ1) is 8.62. The maximum atomic E-state index is 11.2. The van der Waals surface area contributed by atoms with E-state index < -0.39 is 0 Å². The molecule has 1 aliphatic carbocycles. The van der Waals surface area contributed by atoms with Crippen molar-refractivity contribution in [1.82, 2.24) is 0 Å². The SMILES string of the molecule is CCOC(=O)/C=C/C1(/C=C/C(=O)OCC)CCC1. The standard InChI is InChI=1S/C14H20O4/c1-3-17-12(15)6-10-14(8-5-9-14)11-7-13(16)18-4-2/h6-7,10-11H,3-5,8-9H2,1-2H3/b10-6+,11-7+. The Kier molecular flexibility index (Phi) is 5.62. The normalized spacial score (nSPS) is 17.7. The van der Waals surface area contributed by atoms with E-state index >= 15 is 0 Å². The van der Waals surface area contributed by atoms with Crippen molar-refractivity contribution in [2.24, 2.45) is 5.41 Å².